The minimum absolute atomic E-state index is 0.305. The highest BCUT2D eigenvalue weighted by molar-refractivity contribution is 5.70. The van der Waals surface area contributed by atoms with Crippen molar-refractivity contribution in [3.05, 3.63) is 29.8 Å². The molecule has 1 rings (SSSR count). The van der Waals surface area contributed by atoms with E-state index >= 15 is 0 Å². The summed E-state index contributed by atoms with van der Waals surface area (Å²) in [5.41, 5.74) is 1.12. The summed E-state index contributed by atoms with van der Waals surface area (Å²) < 4.78 is 5.16. The van der Waals surface area contributed by atoms with E-state index in [0.717, 1.165) is 17.9 Å². The summed E-state index contributed by atoms with van der Waals surface area (Å²) in [5.74, 6) is -0.207. The van der Waals surface area contributed by atoms with Crippen molar-refractivity contribution in [3.63, 3.8) is 0 Å². The number of benzene rings is 1. The standard InChI is InChI=1S/C14H21NO3/c1-4-12(14(16)17)10-15(2)9-11-6-5-7-13(8-11)18-3/h5-8,12H,4,9-10H2,1-3H3,(H,16,17). The molecule has 0 aliphatic heterocycles. The largest absolute Gasteiger partial charge is 0.497 e. The molecule has 0 fully saturated rings. The molecule has 0 aliphatic carbocycles. The van der Waals surface area contributed by atoms with Gasteiger partial charge in [-0.15, -0.1) is 0 Å². The summed E-state index contributed by atoms with van der Waals surface area (Å²) in [6.07, 6.45) is 0.651. The molecular formula is C14H21NO3. The fourth-order valence-corrected chi connectivity index (χ4v) is 1.91. The SMILES string of the molecule is CCC(CN(C)Cc1cccc(OC)c1)C(=O)O. The highest BCUT2D eigenvalue weighted by Crippen LogP contribution is 2.15. The molecule has 0 spiro atoms. The zero-order chi connectivity index (χ0) is 13.5. The maximum absolute atomic E-state index is 11.0. The number of nitrogens with zero attached hydrogens (tertiary/aromatic N) is 1. The van der Waals surface area contributed by atoms with Crippen molar-refractivity contribution in [2.45, 2.75) is 19.9 Å². The predicted molar refractivity (Wildman–Crippen MR) is 70.7 cm³/mol. The Bertz CT molecular complexity index is 392. The molecule has 0 saturated heterocycles. The summed E-state index contributed by atoms with van der Waals surface area (Å²) in [6.45, 7) is 3.18. The third-order valence-electron chi connectivity index (χ3n) is 2.96. The number of hydrogen-bond acceptors (Lipinski definition) is 3. The highest BCUT2D eigenvalue weighted by Gasteiger charge is 2.17. The molecule has 4 heteroatoms. The van der Waals surface area contributed by atoms with Crippen LogP contribution in [0.2, 0.25) is 0 Å². The van der Waals surface area contributed by atoms with E-state index in [2.05, 4.69) is 0 Å². The van der Waals surface area contributed by atoms with E-state index in [1.54, 1.807) is 7.11 Å². The summed E-state index contributed by atoms with van der Waals surface area (Å²) in [6, 6.07) is 7.82. The van der Waals surface area contributed by atoms with Crippen molar-refractivity contribution in [2.75, 3.05) is 20.7 Å². The number of carbonyl (C=O) groups is 1. The fraction of sp³-hybridized carbons (Fsp3) is 0.500. The Labute approximate surface area is 108 Å². The number of carboxylic acids is 1. The topological polar surface area (TPSA) is 49.8 Å². The molecular weight excluding hydrogens is 230 g/mol. The molecule has 0 bridgehead atoms. The van der Waals surface area contributed by atoms with Crippen LogP contribution in [0, 0.1) is 5.92 Å². The molecule has 100 valence electrons. The summed E-state index contributed by atoms with van der Waals surface area (Å²) >= 11 is 0. The van der Waals surface area contributed by atoms with Crippen LogP contribution in [0.25, 0.3) is 0 Å². The first-order valence-electron chi connectivity index (χ1n) is 6.11. The lowest BCUT2D eigenvalue weighted by Crippen LogP contribution is -2.29. The van der Waals surface area contributed by atoms with Gasteiger partial charge in [-0.1, -0.05) is 19.1 Å². The lowest BCUT2D eigenvalue weighted by Gasteiger charge is -2.20. The van der Waals surface area contributed by atoms with Crippen molar-refractivity contribution < 1.29 is 14.6 Å². The maximum atomic E-state index is 11.0. The molecule has 4 nitrogen and oxygen atoms in total. The van der Waals surface area contributed by atoms with Crippen molar-refractivity contribution in [1.82, 2.24) is 4.90 Å². The van der Waals surface area contributed by atoms with Gasteiger partial charge >= 0.3 is 5.97 Å². The van der Waals surface area contributed by atoms with Crippen LogP contribution in [-0.4, -0.2) is 36.7 Å². The molecule has 1 N–H and O–H groups in total. The van der Waals surface area contributed by atoms with Gasteiger partial charge < -0.3 is 14.7 Å². The Kier molecular flexibility index (Phi) is 5.65. The van der Waals surface area contributed by atoms with Crippen LogP contribution < -0.4 is 4.74 Å². The zero-order valence-electron chi connectivity index (χ0n) is 11.2. The Morgan fingerprint density at radius 3 is 2.78 bits per heavy atom. The van der Waals surface area contributed by atoms with Crippen LogP contribution >= 0.6 is 0 Å². The van der Waals surface area contributed by atoms with Gasteiger partial charge in [-0.2, -0.15) is 0 Å². The van der Waals surface area contributed by atoms with Gasteiger partial charge in [0.25, 0.3) is 0 Å². The van der Waals surface area contributed by atoms with Gasteiger partial charge in [0, 0.05) is 13.1 Å². The Hall–Kier alpha value is -1.55. The van der Waals surface area contributed by atoms with E-state index in [9.17, 15) is 4.79 Å². The third-order valence-corrected chi connectivity index (χ3v) is 2.96. The summed E-state index contributed by atoms with van der Waals surface area (Å²) in [4.78, 5) is 13.0. The monoisotopic (exact) mass is 251 g/mol. The summed E-state index contributed by atoms with van der Waals surface area (Å²) in [5, 5.41) is 9.02. The number of hydrogen-bond donors (Lipinski definition) is 1. The Morgan fingerprint density at radius 2 is 2.22 bits per heavy atom. The lowest BCUT2D eigenvalue weighted by atomic mass is 10.1. The molecule has 0 heterocycles. The molecule has 1 aromatic rings. The number of rotatable bonds is 7. The van der Waals surface area contributed by atoms with Crippen molar-refractivity contribution in [2.24, 2.45) is 5.92 Å². The van der Waals surface area contributed by atoms with Gasteiger partial charge in [0.2, 0.25) is 0 Å². The maximum Gasteiger partial charge on any atom is 0.307 e. The first-order chi connectivity index (χ1) is 8.56. The first-order valence-corrected chi connectivity index (χ1v) is 6.11. The van der Waals surface area contributed by atoms with Gasteiger partial charge in [-0.05, 0) is 31.2 Å². The molecule has 18 heavy (non-hydrogen) atoms. The molecule has 1 unspecified atom stereocenters. The first kappa shape index (κ1) is 14.5. The summed E-state index contributed by atoms with van der Waals surface area (Å²) in [7, 11) is 3.57. The average molecular weight is 251 g/mol. The second-order valence-electron chi connectivity index (χ2n) is 4.49. The van der Waals surface area contributed by atoms with E-state index in [4.69, 9.17) is 9.84 Å². The van der Waals surface area contributed by atoms with E-state index in [0.29, 0.717) is 13.0 Å². The average Bonchev–Trinajstić information content (AvgIpc) is 2.35. The predicted octanol–water partition coefficient (Wildman–Crippen LogP) is 2.24. The van der Waals surface area contributed by atoms with E-state index < -0.39 is 5.97 Å². The highest BCUT2D eigenvalue weighted by atomic mass is 16.5. The van der Waals surface area contributed by atoms with E-state index in [1.807, 2.05) is 43.1 Å². The molecule has 0 amide bonds. The Morgan fingerprint density at radius 1 is 1.50 bits per heavy atom. The molecule has 0 radical (unpaired) electrons. The van der Waals surface area contributed by atoms with Crippen molar-refractivity contribution >= 4 is 5.97 Å². The van der Waals surface area contributed by atoms with Crippen molar-refractivity contribution in [3.8, 4) is 5.75 Å². The van der Waals surface area contributed by atoms with E-state index in [1.165, 1.54) is 0 Å². The second-order valence-corrected chi connectivity index (χ2v) is 4.49. The van der Waals surface area contributed by atoms with Crippen LogP contribution in [-0.2, 0) is 11.3 Å². The van der Waals surface area contributed by atoms with Gasteiger partial charge in [0.05, 0.1) is 13.0 Å². The number of methoxy groups -OCH3 is 1. The van der Waals surface area contributed by atoms with Crippen molar-refractivity contribution in [1.29, 1.82) is 0 Å². The molecule has 0 saturated carbocycles. The number of carboxylic acid groups (broad SMARTS) is 1. The smallest absolute Gasteiger partial charge is 0.307 e. The molecule has 0 aromatic heterocycles. The second kappa shape index (κ2) is 7.01. The third kappa shape index (κ3) is 4.37. The number of ether oxygens (including phenoxy) is 1. The van der Waals surface area contributed by atoms with Crippen LogP contribution in [0.3, 0.4) is 0 Å². The lowest BCUT2D eigenvalue weighted by molar-refractivity contribution is -0.142. The normalized spacial score (nSPS) is 12.4. The quantitative estimate of drug-likeness (QED) is 0.807. The minimum atomic E-state index is -0.727. The minimum Gasteiger partial charge on any atom is -0.497 e. The zero-order valence-corrected chi connectivity index (χ0v) is 11.2. The molecule has 1 aromatic carbocycles. The van der Waals surface area contributed by atoms with Crippen LogP contribution in [0.15, 0.2) is 24.3 Å². The van der Waals surface area contributed by atoms with Crippen LogP contribution in [0.5, 0.6) is 5.75 Å². The van der Waals surface area contributed by atoms with E-state index in [-0.39, 0.29) is 5.92 Å². The fourth-order valence-electron chi connectivity index (χ4n) is 1.91. The molecule has 0 aliphatic rings. The van der Waals surface area contributed by atoms with Gasteiger partial charge in [-0.3, -0.25) is 4.79 Å². The van der Waals surface area contributed by atoms with Crippen LogP contribution in [0.1, 0.15) is 18.9 Å². The van der Waals surface area contributed by atoms with Gasteiger partial charge in [-0.25, -0.2) is 0 Å². The van der Waals surface area contributed by atoms with Gasteiger partial charge in [0.1, 0.15) is 5.75 Å². The van der Waals surface area contributed by atoms with Gasteiger partial charge in [0.15, 0.2) is 0 Å². The number of aliphatic carboxylic acids is 1. The van der Waals surface area contributed by atoms with Crippen LogP contribution in [0.4, 0.5) is 0 Å². The molecule has 1 atom stereocenters. The Balaban J connectivity index is 2.58.